The Morgan fingerprint density at radius 1 is 1.10 bits per heavy atom. The van der Waals surface area contributed by atoms with E-state index in [9.17, 15) is 13.5 Å². The van der Waals surface area contributed by atoms with Crippen LogP contribution < -0.4 is 0 Å². The summed E-state index contributed by atoms with van der Waals surface area (Å²) >= 11 is 0. The largest absolute Gasteiger partial charge is 0.508 e. The summed E-state index contributed by atoms with van der Waals surface area (Å²) in [6.07, 6.45) is 0. The molecule has 0 bridgehead atoms. The van der Waals surface area contributed by atoms with Crippen LogP contribution in [0.1, 0.15) is 11.1 Å². The minimum absolute atomic E-state index is 0.0602. The van der Waals surface area contributed by atoms with Crippen molar-refractivity contribution in [3.8, 4) is 5.75 Å². The van der Waals surface area contributed by atoms with Gasteiger partial charge in [0.05, 0.1) is 4.90 Å². The first-order valence-corrected chi connectivity index (χ1v) is 7.64. The van der Waals surface area contributed by atoms with Gasteiger partial charge in [-0.05, 0) is 30.7 Å². The van der Waals surface area contributed by atoms with Gasteiger partial charge in [0, 0.05) is 13.6 Å². The molecule has 0 saturated heterocycles. The second-order valence-electron chi connectivity index (χ2n) is 4.75. The summed E-state index contributed by atoms with van der Waals surface area (Å²) in [5.41, 5.74) is 2.02. The first-order valence-electron chi connectivity index (χ1n) is 6.20. The van der Waals surface area contributed by atoms with Crippen molar-refractivity contribution in [1.82, 2.24) is 4.31 Å². The Morgan fingerprint density at radius 3 is 2.45 bits per heavy atom. The van der Waals surface area contributed by atoms with E-state index in [1.807, 2.05) is 31.2 Å². The van der Waals surface area contributed by atoms with Gasteiger partial charge < -0.3 is 5.11 Å². The van der Waals surface area contributed by atoms with Gasteiger partial charge in [0.25, 0.3) is 0 Å². The van der Waals surface area contributed by atoms with Gasteiger partial charge >= 0.3 is 0 Å². The van der Waals surface area contributed by atoms with E-state index >= 15 is 0 Å². The molecule has 1 N–H and O–H groups in total. The van der Waals surface area contributed by atoms with Gasteiger partial charge in [-0.15, -0.1) is 0 Å². The Bertz CT molecular complexity index is 711. The highest BCUT2D eigenvalue weighted by atomic mass is 32.2. The SMILES string of the molecule is Cc1cccc(CN(C)S(=O)(=O)c2cccc(O)c2)c1. The summed E-state index contributed by atoms with van der Waals surface area (Å²) in [5.74, 6) is -0.0602. The third-order valence-electron chi connectivity index (χ3n) is 3.01. The number of phenolic OH excluding ortho intramolecular Hbond substituents is 1. The fraction of sp³-hybridized carbons (Fsp3) is 0.200. The molecule has 0 aliphatic carbocycles. The summed E-state index contributed by atoms with van der Waals surface area (Å²) < 4.78 is 26.1. The van der Waals surface area contributed by atoms with Crippen LogP contribution in [-0.4, -0.2) is 24.9 Å². The fourth-order valence-electron chi connectivity index (χ4n) is 1.98. The van der Waals surface area contributed by atoms with Crippen LogP contribution in [0.4, 0.5) is 0 Å². The van der Waals surface area contributed by atoms with Crippen LogP contribution in [0.5, 0.6) is 5.75 Å². The molecule has 0 aliphatic rings. The van der Waals surface area contributed by atoms with E-state index < -0.39 is 10.0 Å². The lowest BCUT2D eigenvalue weighted by Crippen LogP contribution is -2.26. The molecule has 2 rings (SSSR count). The second kappa shape index (κ2) is 5.64. The van der Waals surface area contributed by atoms with E-state index in [-0.39, 0.29) is 10.6 Å². The molecule has 0 heterocycles. The van der Waals surface area contributed by atoms with E-state index in [0.717, 1.165) is 11.1 Å². The smallest absolute Gasteiger partial charge is 0.243 e. The van der Waals surface area contributed by atoms with Crippen LogP contribution in [0.2, 0.25) is 0 Å². The molecular weight excluding hydrogens is 274 g/mol. The van der Waals surface area contributed by atoms with Crippen LogP contribution in [0.15, 0.2) is 53.4 Å². The van der Waals surface area contributed by atoms with Crippen molar-refractivity contribution in [3.05, 3.63) is 59.7 Å². The molecule has 0 spiro atoms. The number of phenols is 1. The molecule has 2 aromatic carbocycles. The molecule has 0 fully saturated rings. The lowest BCUT2D eigenvalue weighted by molar-refractivity contribution is 0.460. The van der Waals surface area contributed by atoms with Gasteiger partial charge in [-0.1, -0.05) is 35.9 Å². The molecule has 20 heavy (non-hydrogen) atoms. The van der Waals surface area contributed by atoms with Gasteiger partial charge in [0.2, 0.25) is 10.0 Å². The average molecular weight is 291 g/mol. The number of aromatic hydroxyl groups is 1. The molecule has 0 aromatic heterocycles. The maximum Gasteiger partial charge on any atom is 0.243 e. The first-order chi connectivity index (χ1) is 9.39. The summed E-state index contributed by atoms with van der Waals surface area (Å²) in [4.78, 5) is 0.0904. The Hall–Kier alpha value is -1.85. The Morgan fingerprint density at radius 2 is 1.80 bits per heavy atom. The maximum atomic E-state index is 12.4. The number of sulfonamides is 1. The van der Waals surface area contributed by atoms with Gasteiger partial charge in [0.15, 0.2) is 0 Å². The van der Waals surface area contributed by atoms with Crippen molar-refractivity contribution in [2.45, 2.75) is 18.4 Å². The quantitative estimate of drug-likeness (QED) is 0.941. The molecule has 0 saturated carbocycles. The van der Waals surface area contributed by atoms with Crippen LogP contribution in [0, 0.1) is 6.92 Å². The van der Waals surface area contributed by atoms with Crippen molar-refractivity contribution in [2.75, 3.05) is 7.05 Å². The van der Waals surface area contributed by atoms with Crippen molar-refractivity contribution >= 4 is 10.0 Å². The molecule has 0 aliphatic heterocycles. The van der Waals surface area contributed by atoms with Crippen LogP contribution in [0.25, 0.3) is 0 Å². The molecule has 0 atom stereocenters. The number of benzene rings is 2. The molecule has 4 nitrogen and oxygen atoms in total. The van der Waals surface area contributed by atoms with Crippen LogP contribution >= 0.6 is 0 Å². The van der Waals surface area contributed by atoms with Crippen LogP contribution in [0.3, 0.4) is 0 Å². The van der Waals surface area contributed by atoms with E-state index in [2.05, 4.69) is 0 Å². The summed E-state index contributed by atoms with van der Waals surface area (Å²) in [6, 6.07) is 13.4. The first kappa shape index (κ1) is 14.6. The lowest BCUT2D eigenvalue weighted by Gasteiger charge is -2.17. The number of nitrogens with zero attached hydrogens (tertiary/aromatic N) is 1. The summed E-state index contributed by atoms with van der Waals surface area (Å²) in [6.45, 7) is 2.26. The molecule has 0 radical (unpaired) electrons. The van der Waals surface area contributed by atoms with E-state index in [1.165, 1.54) is 35.6 Å². The van der Waals surface area contributed by atoms with Gasteiger partial charge in [0.1, 0.15) is 5.75 Å². The Balaban J connectivity index is 2.26. The zero-order valence-electron chi connectivity index (χ0n) is 11.4. The minimum Gasteiger partial charge on any atom is -0.508 e. The topological polar surface area (TPSA) is 57.6 Å². The molecule has 5 heteroatoms. The summed E-state index contributed by atoms with van der Waals surface area (Å²) in [5, 5.41) is 9.40. The van der Waals surface area contributed by atoms with Gasteiger partial charge in [-0.25, -0.2) is 8.42 Å². The van der Waals surface area contributed by atoms with E-state index in [0.29, 0.717) is 6.54 Å². The average Bonchev–Trinajstić information content (AvgIpc) is 2.38. The Kier molecular flexibility index (Phi) is 4.11. The molecule has 0 amide bonds. The minimum atomic E-state index is -3.60. The predicted molar refractivity (Wildman–Crippen MR) is 77.9 cm³/mol. The van der Waals surface area contributed by atoms with Gasteiger partial charge in [-0.2, -0.15) is 4.31 Å². The highest BCUT2D eigenvalue weighted by Gasteiger charge is 2.21. The third-order valence-corrected chi connectivity index (χ3v) is 4.81. The highest BCUT2D eigenvalue weighted by molar-refractivity contribution is 7.89. The number of hydrogen-bond donors (Lipinski definition) is 1. The number of hydrogen-bond acceptors (Lipinski definition) is 3. The maximum absolute atomic E-state index is 12.4. The third kappa shape index (κ3) is 3.18. The normalized spacial score (nSPS) is 11.8. The standard InChI is InChI=1S/C15H17NO3S/c1-12-5-3-6-13(9-12)11-16(2)20(18,19)15-8-4-7-14(17)10-15/h3-10,17H,11H2,1-2H3. The van der Waals surface area contributed by atoms with Gasteiger partial charge in [-0.3, -0.25) is 0 Å². The number of rotatable bonds is 4. The zero-order valence-corrected chi connectivity index (χ0v) is 12.3. The lowest BCUT2D eigenvalue weighted by atomic mass is 10.1. The highest BCUT2D eigenvalue weighted by Crippen LogP contribution is 2.20. The molecule has 106 valence electrons. The van der Waals surface area contributed by atoms with Crippen molar-refractivity contribution < 1.29 is 13.5 Å². The molecule has 0 unspecified atom stereocenters. The molecule has 2 aromatic rings. The van der Waals surface area contributed by atoms with E-state index in [4.69, 9.17) is 0 Å². The molecular formula is C15H17NO3S. The summed E-state index contributed by atoms with van der Waals surface area (Å²) in [7, 11) is -2.07. The van der Waals surface area contributed by atoms with Crippen molar-refractivity contribution in [2.24, 2.45) is 0 Å². The van der Waals surface area contributed by atoms with Crippen molar-refractivity contribution in [1.29, 1.82) is 0 Å². The predicted octanol–water partition coefficient (Wildman–Crippen LogP) is 2.52. The van der Waals surface area contributed by atoms with Crippen molar-refractivity contribution in [3.63, 3.8) is 0 Å². The zero-order chi connectivity index (χ0) is 14.8. The number of aryl methyl sites for hydroxylation is 1. The monoisotopic (exact) mass is 291 g/mol. The second-order valence-corrected chi connectivity index (χ2v) is 6.79. The Labute approximate surface area is 119 Å². The van der Waals surface area contributed by atoms with E-state index in [1.54, 1.807) is 0 Å². The fourth-order valence-corrected chi connectivity index (χ4v) is 3.18. The van der Waals surface area contributed by atoms with Crippen LogP contribution in [-0.2, 0) is 16.6 Å².